The molecule has 0 aliphatic rings. The van der Waals surface area contributed by atoms with Crippen LogP contribution in [0.3, 0.4) is 0 Å². The lowest BCUT2D eigenvalue weighted by molar-refractivity contribution is -0.422. The van der Waals surface area contributed by atoms with Gasteiger partial charge in [-0.1, -0.05) is 117 Å². The highest BCUT2D eigenvalue weighted by Gasteiger charge is 2.21. The topological polar surface area (TPSA) is 333 Å². The molecule has 28 heteroatoms. The molecule has 1 amide bonds. The number of alkyl halides is 1. The summed E-state index contributed by atoms with van der Waals surface area (Å²) >= 11 is 5.80. The number of benzene rings is 7. The lowest BCUT2D eigenvalue weighted by Gasteiger charge is -2.07. The summed E-state index contributed by atoms with van der Waals surface area (Å²) in [6.45, 7) is 8.03. The third-order valence-electron chi connectivity index (χ3n) is 13.3. The molecule has 526 valence electrons. The number of esters is 6. The van der Waals surface area contributed by atoms with Gasteiger partial charge in [-0.25, -0.2) is 47.5 Å². The Kier molecular flexibility index (Phi) is 33.2. The van der Waals surface area contributed by atoms with E-state index >= 15 is 0 Å². The van der Waals surface area contributed by atoms with Crippen LogP contribution in [0.15, 0.2) is 169 Å². The van der Waals surface area contributed by atoms with Crippen LogP contribution < -0.4 is 11.1 Å². The number of nitrogen functional groups attached to an aromatic ring is 1. The number of nitro groups is 1. The molecule has 9 rings (SSSR count). The number of aldehydes is 1. The van der Waals surface area contributed by atoms with E-state index in [1.54, 1.807) is 128 Å². The first-order chi connectivity index (χ1) is 48.0. The summed E-state index contributed by atoms with van der Waals surface area (Å²) in [7, 11) is 7.90. The quantitative estimate of drug-likeness (QED) is 0.0213. The number of aromatic nitrogens is 2. The Bertz CT molecular complexity index is 4500. The van der Waals surface area contributed by atoms with E-state index in [1.807, 2.05) is 25.1 Å². The normalized spacial score (nSPS) is 10.5. The summed E-state index contributed by atoms with van der Waals surface area (Å²) in [5, 5.41) is 13.6. The first-order valence-corrected chi connectivity index (χ1v) is 32.1. The third-order valence-corrected chi connectivity index (χ3v) is 16.6. The number of amides is 1. The van der Waals surface area contributed by atoms with Gasteiger partial charge in [0.25, 0.3) is 5.91 Å². The van der Waals surface area contributed by atoms with E-state index in [4.69, 9.17) is 10.5 Å². The number of Topliss-reactive ketones (excluding diaryl/α,β-unsaturated/α-hetero) is 2. The van der Waals surface area contributed by atoms with Crippen LogP contribution in [0.2, 0.25) is 0 Å². The number of hydrogen-bond donors (Lipinski definition) is 2. The first-order valence-electron chi connectivity index (χ1n) is 29.5. The number of carbonyl (C=O) groups excluding carboxylic acids is 10. The van der Waals surface area contributed by atoms with Crippen molar-refractivity contribution in [3.05, 3.63) is 264 Å². The number of ketones is 2. The Morgan fingerprint density at radius 3 is 1.36 bits per heavy atom. The van der Waals surface area contributed by atoms with Crippen molar-refractivity contribution < 1.29 is 90.1 Å². The number of nitrogens with zero attached hydrogens (tertiary/aromatic N) is 3. The number of methoxy groups -OCH3 is 6. The Labute approximate surface area is 595 Å². The van der Waals surface area contributed by atoms with Crippen LogP contribution in [0, 0.1) is 35.6 Å². The molecule has 0 saturated carbocycles. The molecule has 1 atom stereocenters. The molecule has 0 fully saturated rings. The molecule has 23 nitrogen and oxygen atoms in total. The van der Waals surface area contributed by atoms with E-state index in [9.17, 15) is 66.8 Å². The van der Waals surface area contributed by atoms with Crippen LogP contribution in [-0.4, -0.2) is 117 Å². The number of hydrogen-bond acceptors (Lipinski definition) is 23. The highest BCUT2D eigenvalue weighted by Crippen LogP contribution is 2.35. The second kappa shape index (κ2) is 40.9. The average Bonchev–Trinajstić information content (AvgIpc) is 1.68. The number of rotatable bonds is 17. The molecule has 7 aromatic carbocycles. The van der Waals surface area contributed by atoms with Crippen molar-refractivity contribution in [1.29, 1.82) is 0 Å². The number of allylic oxidation sites excluding steroid dienone is 1. The largest absolute Gasteiger partial charge is 0.465 e. The maximum Gasteiger partial charge on any atom is 0.337 e. The van der Waals surface area contributed by atoms with E-state index in [0.717, 1.165) is 50.7 Å². The number of aryl methyl sites for hydroxylation is 2. The van der Waals surface area contributed by atoms with Crippen molar-refractivity contribution >= 4 is 115 Å². The predicted molar refractivity (Wildman–Crippen MR) is 380 cm³/mol. The van der Waals surface area contributed by atoms with Crippen molar-refractivity contribution in [3.8, 4) is 20.9 Å². The molecule has 2 heterocycles. The summed E-state index contributed by atoms with van der Waals surface area (Å²) < 4.78 is 55.1. The zero-order chi connectivity index (χ0) is 75.0. The van der Waals surface area contributed by atoms with Crippen LogP contribution >= 0.6 is 38.6 Å². The van der Waals surface area contributed by atoms with Crippen LogP contribution in [0.1, 0.15) is 137 Å². The lowest BCUT2D eigenvalue weighted by Crippen LogP contribution is -2.15. The van der Waals surface area contributed by atoms with Gasteiger partial charge in [-0.05, 0) is 140 Å². The minimum atomic E-state index is -0.952. The van der Waals surface area contributed by atoms with Crippen molar-refractivity contribution in [2.45, 2.75) is 45.9 Å². The standard InChI is InChI=1S/C19H14F2N2O3S.C12H12N2O2S.C11H11BrO3.C11H11NO4.C11H12O3.C9H8O3/c1-10-16(11-5-3-6-12(9-11)18(25)26-2)27-19(22-10)23-17(24)15-13(20)7-4-8-14(15)21;1-7-10(17-12(13)14-7)8-4-3-5-9(6-8)11(15)16-2;1-7(13)10(12)8-4-3-5-9(6-8)11(14)15-2;1-8(12(14)15)6-9-4-3-5-10(7-9)11(13)16-2;1-8(12)6-9-4-3-5-10(7-9)11(13)14-2;1-12-9(11)8-4-2-3-7(5-8)6-10/h3-9H,1-2H3,(H,22,23,24);3-6H,1-2H3,(H2,13,14);3-6,10H,1-2H3;3-7H,1-2H3;3-5,7H,6H2,1-2H3;2-6H,1H3. The Morgan fingerprint density at radius 1 is 0.545 bits per heavy atom. The van der Waals surface area contributed by atoms with Gasteiger partial charge in [-0.2, -0.15) is 0 Å². The van der Waals surface area contributed by atoms with Gasteiger partial charge in [0.2, 0.25) is 5.70 Å². The van der Waals surface area contributed by atoms with Crippen molar-refractivity contribution in [3.63, 3.8) is 0 Å². The SMILES string of the molecule is COC(=O)c1cccc(-c2sc(N)nc2C)c1.COC(=O)c1cccc(-c2sc(NC(=O)c3c(F)cccc3F)nc2C)c1.COC(=O)c1cccc(C(Br)C(C)=O)c1.COC(=O)c1cccc(C=C(C)[N+](=O)[O-])c1.COC(=O)c1cccc(C=O)c1.COC(=O)c1cccc(CC(C)=O)c1. The molecule has 3 N–H and O–H groups in total. The Hall–Kier alpha value is -11.6. The van der Waals surface area contributed by atoms with Gasteiger partial charge >= 0.3 is 35.8 Å². The van der Waals surface area contributed by atoms with E-state index in [0.29, 0.717) is 78.5 Å². The number of thiazole rings is 2. The molecule has 0 bridgehead atoms. The molecule has 9 aromatic rings. The van der Waals surface area contributed by atoms with Crippen molar-refractivity contribution in [2.75, 3.05) is 53.7 Å². The Balaban J connectivity index is 0.000000263. The minimum Gasteiger partial charge on any atom is -0.465 e. The second-order valence-corrected chi connectivity index (χ2v) is 23.6. The fraction of sp³-hybridized carbons (Fsp3) is 0.178. The van der Waals surface area contributed by atoms with Gasteiger partial charge in [-0.3, -0.25) is 34.6 Å². The fourth-order valence-corrected chi connectivity index (χ4v) is 10.6. The smallest absolute Gasteiger partial charge is 0.337 e. The number of halogens is 3. The molecule has 0 spiro atoms. The first kappa shape index (κ1) is 81.8. The average molecular weight is 1490 g/mol. The number of anilines is 2. The van der Waals surface area contributed by atoms with Crippen LogP contribution in [0.5, 0.6) is 0 Å². The lowest BCUT2D eigenvalue weighted by atomic mass is 10.1. The molecule has 0 radical (unpaired) electrons. The van der Waals surface area contributed by atoms with E-state index in [2.05, 4.69) is 54.9 Å². The third kappa shape index (κ3) is 25.6. The summed E-state index contributed by atoms with van der Waals surface area (Å²) in [6.07, 6.45) is 2.43. The zero-order valence-corrected chi connectivity index (χ0v) is 59.5. The number of nitrogens with one attached hydrogen (secondary N) is 1. The van der Waals surface area contributed by atoms with E-state index in [1.165, 1.54) is 93.0 Å². The van der Waals surface area contributed by atoms with Crippen LogP contribution in [0.25, 0.3) is 27.0 Å². The van der Waals surface area contributed by atoms with Crippen LogP contribution in [-0.2, 0) is 44.4 Å². The van der Waals surface area contributed by atoms with Gasteiger partial charge in [0.05, 0.1) is 107 Å². The zero-order valence-electron chi connectivity index (χ0n) is 56.2. The molecular weight excluding hydrogens is 1420 g/mol. The number of ether oxygens (including phenoxy) is 6. The van der Waals surface area contributed by atoms with Crippen molar-refractivity contribution in [1.82, 2.24) is 9.97 Å². The summed E-state index contributed by atoms with van der Waals surface area (Å²) in [5.74, 6) is -5.25. The number of nitrogens with two attached hydrogens (primary N) is 1. The number of carbonyl (C=O) groups is 10. The highest BCUT2D eigenvalue weighted by molar-refractivity contribution is 9.09. The molecular formula is C73H68BrF2N5O18S2. The summed E-state index contributed by atoms with van der Waals surface area (Å²) in [4.78, 5) is 132. The highest BCUT2D eigenvalue weighted by atomic mass is 79.9. The Morgan fingerprint density at radius 2 is 0.931 bits per heavy atom. The molecule has 101 heavy (non-hydrogen) atoms. The molecule has 0 aliphatic carbocycles. The molecule has 0 saturated heterocycles. The monoisotopic (exact) mass is 1480 g/mol. The van der Waals surface area contributed by atoms with E-state index < -0.39 is 51.9 Å². The predicted octanol–water partition coefficient (Wildman–Crippen LogP) is 14.4. The van der Waals surface area contributed by atoms with Gasteiger partial charge in [0.15, 0.2) is 10.3 Å². The maximum atomic E-state index is 13.7. The van der Waals surface area contributed by atoms with Gasteiger partial charge in [0.1, 0.15) is 35.1 Å². The van der Waals surface area contributed by atoms with E-state index in [-0.39, 0.29) is 39.2 Å². The van der Waals surface area contributed by atoms with Crippen LogP contribution in [0.4, 0.5) is 19.0 Å². The fourth-order valence-electron chi connectivity index (χ4n) is 8.50. The second-order valence-electron chi connectivity index (χ2n) is 20.7. The summed E-state index contributed by atoms with van der Waals surface area (Å²) in [5.41, 5.74) is 13.4. The molecule has 1 unspecified atom stereocenters. The minimum absolute atomic E-state index is 0.00276. The summed E-state index contributed by atoms with van der Waals surface area (Å²) in [6, 6.07) is 43.7. The maximum absolute atomic E-state index is 13.7. The van der Waals surface area contributed by atoms with Gasteiger partial charge in [-0.15, -0.1) is 0 Å². The van der Waals surface area contributed by atoms with Crippen molar-refractivity contribution in [2.24, 2.45) is 0 Å². The van der Waals surface area contributed by atoms with Gasteiger partial charge < -0.3 is 34.2 Å². The van der Waals surface area contributed by atoms with Gasteiger partial charge in [0, 0.05) is 25.0 Å². The molecule has 2 aromatic heterocycles. The molecule has 0 aliphatic heterocycles.